The van der Waals surface area contributed by atoms with Crippen molar-refractivity contribution in [3.63, 3.8) is 0 Å². The van der Waals surface area contributed by atoms with E-state index in [1.54, 1.807) is 0 Å². The van der Waals surface area contributed by atoms with E-state index in [-0.39, 0.29) is 0 Å². The molecule has 0 amide bonds. The van der Waals surface area contributed by atoms with Crippen LogP contribution in [-0.2, 0) is 5.41 Å². The van der Waals surface area contributed by atoms with Crippen molar-refractivity contribution in [2.24, 2.45) is 0 Å². The van der Waals surface area contributed by atoms with Gasteiger partial charge in [0, 0.05) is 15.5 Å². The molecule has 2 nitrogen and oxygen atoms in total. The van der Waals surface area contributed by atoms with Crippen molar-refractivity contribution in [1.29, 1.82) is 0 Å². The molecule has 274 valence electrons. The van der Waals surface area contributed by atoms with Crippen molar-refractivity contribution < 1.29 is 0 Å². The zero-order chi connectivity index (χ0) is 38.7. The van der Waals surface area contributed by atoms with Gasteiger partial charge in [0.15, 0.2) is 5.65 Å². The number of aromatic nitrogens is 2. The number of hydrogen-bond acceptors (Lipinski definition) is 2. The molecule has 59 heavy (non-hydrogen) atoms. The molecule has 0 aliphatic heterocycles. The van der Waals surface area contributed by atoms with Gasteiger partial charge in [0.2, 0.25) is 0 Å². The average Bonchev–Trinajstić information content (AvgIpc) is 3.97. The first-order valence-corrected chi connectivity index (χ1v) is 21.1. The lowest BCUT2D eigenvalue weighted by Gasteiger charge is -2.33. The van der Waals surface area contributed by atoms with E-state index in [2.05, 4.69) is 211 Å². The van der Waals surface area contributed by atoms with Crippen LogP contribution in [0.1, 0.15) is 22.3 Å². The quantitative estimate of drug-likeness (QED) is 0.174. The van der Waals surface area contributed by atoms with Crippen LogP contribution >= 0.6 is 11.3 Å². The molecule has 1 aliphatic rings. The van der Waals surface area contributed by atoms with Crippen LogP contribution in [0.3, 0.4) is 0 Å². The van der Waals surface area contributed by atoms with Crippen LogP contribution in [0.2, 0.25) is 0 Å². The fourth-order valence-corrected chi connectivity index (χ4v) is 11.4. The van der Waals surface area contributed by atoms with Crippen molar-refractivity contribution in [3.05, 3.63) is 229 Å². The van der Waals surface area contributed by atoms with E-state index in [0.717, 1.165) is 27.9 Å². The Morgan fingerprint density at radius 2 is 1.07 bits per heavy atom. The second-order valence-corrected chi connectivity index (χ2v) is 16.9. The lowest BCUT2D eigenvalue weighted by Crippen LogP contribution is -2.28. The van der Waals surface area contributed by atoms with E-state index in [1.165, 1.54) is 86.2 Å². The molecule has 12 aromatic rings. The molecule has 13 rings (SSSR count). The Bertz CT molecular complexity index is 3610. The third-order valence-corrected chi connectivity index (χ3v) is 14.0. The highest BCUT2D eigenvalue weighted by atomic mass is 32.1. The molecule has 0 saturated heterocycles. The summed E-state index contributed by atoms with van der Waals surface area (Å²) in [7, 11) is 0. The largest absolute Gasteiger partial charge is 0.291 e. The van der Waals surface area contributed by atoms with Gasteiger partial charge in [-0.15, -0.1) is 11.3 Å². The van der Waals surface area contributed by atoms with E-state index in [0.29, 0.717) is 0 Å². The van der Waals surface area contributed by atoms with E-state index in [4.69, 9.17) is 4.98 Å². The third kappa shape index (κ3) is 4.59. The average molecular weight is 767 g/mol. The van der Waals surface area contributed by atoms with Crippen molar-refractivity contribution in [2.75, 3.05) is 0 Å². The van der Waals surface area contributed by atoms with Crippen LogP contribution in [0.5, 0.6) is 0 Å². The van der Waals surface area contributed by atoms with Crippen LogP contribution in [-0.4, -0.2) is 9.38 Å². The molecule has 9 aromatic carbocycles. The maximum atomic E-state index is 5.40. The van der Waals surface area contributed by atoms with Crippen molar-refractivity contribution in [2.45, 2.75) is 5.41 Å². The minimum atomic E-state index is -0.406. The Morgan fingerprint density at radius 3 is 1.85 bits per heavy atom. The van der Waals surface area contributed by atoms with Gasteiger partial charge in [-0.25, -0.2) is 4.98 Å². The second kappa shape index (κ2) is 12.3. The highest BCUT2D eigenvalue weighted by molar-refractivity contribution is 7.26. The standard InChI is InChI=1S/C56H34N2S/c1-3-16-41(17-4-1)56(42-18-5-2-6-19-42)47-22-12-11-21-44(47)45-31-40(27-29-48(45)56)35-23-25-37(26-24-35)50-34-46-53-43-20-10-9-13-36(43)28-30-52(53)59-54(46)55-57-49-32-38-14-7-8-15-39(38)33-51(49)58(50)55/h1-34H. The summed E-state index contributed by atoms with van der Waals surface area (Å²) in [4.78, 5) is 5.40. The van der Waals surface area contributed by atoms with Crippen LogP contribution in [0.4, 0.5) is 0 Å². The number of thiophene rings is 1. The molecule has 1 aliphatic carbocycles. The van der Waals surface area contributed by atoms with Gasteiger partial charge in [0.05, 0.1) is 26.8 Å². The molecule has 3 aromatic heterocycles. The predicted molar refractivity (Wildman–Crippen MR) is 249 cm³/mol. The summed E-state index contributed by atoms with van der Waals surface area (Å²) in [6.07, 6.45) is 0. The Morgan fingerprint density at radius 1 is 0.441 bits per heavy atom. The highest BCUT2D eigenvalue weighted by Gasteiger charge is 2.45. The molecular weight excluding hydrogens is 733 g/mol. The SMILES string of the molecule is c1ccc(C2(c3ccccc3)c3ccccc3-c3cc(-c4ccc(-c5cc6c(sc7ccc8ccccc8c76)c6nc7cc8ccccc8cc7n56)cc4)ccc32)cc1. The Hall–Kier alpha value is -7.33. The molecular formula is C56H34N2S. The minimum Gasteiger partial charge on any atom is -0.291 e. The van der Waals surface area contributed by atoms with Gasteiger partial charge in [-0.05, 0) is 102 Å². The van der Waals surface area contributed by atoms with Gasteiger partial charge in [0.25, 0.3) is 0 Å². The van der Waals surface area contributed by atoms with Gasteiger partial charge in [-0.3, -0.25) is 4.40 Å². The van der Waals surface area contributed by atoms with Gasteiger partial charge in [-0.2, -0.15) is 0 Å². The zero-order valence-electron chi connectivity index (χ0n) is 31.9. The first-order chi connectivity index (χ1) is 29.2. The monoisotopic (exact) mass is 766 g/mol. The number of rotatable bonds is 4. The van der Waals surface area contributed by atoms with Crippen LogP contribution in [0.15, 0.2) is 206 Å². The van der Waals surface area contributed by atoms with E-state index in [9.17, 15) is 0 Å². The maximum absolute atomic E-state index is 5.40. The summed E-state index contributed by atoms with van der Waals surface area (Å²) in [5.74, 6) is 0. The third-order valence-electron chi connectivity index (χ3n) is 12.8. The number of fused-ring (bicyclic) bond motifs is 13. The molecule has 0 atom stereocenters. The van der Waals surface area contributed by atoms with E-state index < -0.39 is 5.41 Å². The molecule has 3 heteroatoms. The highest BCUT2D eigenvalue weighted by Crippen LogP contribution is 2.56. The Kier molecular flexibility index (Phi) is 6.84. The normalized spacial score (nSPS) is 13.2. The topological polar surface area (TPSA) is 17.3 Å². The molecule has 3 heterocycles. The van der Waals surface area contributed by atoms with Crippen molar-refractivity contribution >= 4 is 69.7 Å². The second-order valence-electron chi connectivity index (χ2n) is 15.9. The number of imidazole rings is 1. The van der Waals surface area contributed by atoms with Crippen LogP contribution in [0, 0.1) is 0 Å². The summed E-state index contributed by atoms with van der Waals surface area (Å²) >= 11 is 1.85. The number of pyridine rings is 1. The Labute approximate surface area is 344 Å². The fourth-order valence-electron chi connectivity index (χ4n) is 10.2. The molecule has 0 bridgehead atoms. The Balaban J connectivity index is 1.01. The lowest BCUT2D eigenvalue weighted by atomic mass is 9.67. The number of nitrogens with zero attached hydrogens (tertiary/aromatic N) is 2. The summed E-state index contributed by atoms with van der Waals surface area (Å²) in [5.41, 5.74) is 15.2. The molecule has 0 spiro atoms. The molecule has 0 fully saturated rings. The predicted octanol–water partition coefficient (Wildman–Crippen LogP) is 14.9. The van der Waals surface area contributed by atoms with Crippen LogP contribution < -0.4 is 0 Å². The first kappa shape index (κ1) is 32.7. The molecule has 0 saturated carbocycles. The maximum Gasteiger partial charge on any atom is 0.156 e. The molecule has 0 unspecified atom stereocenters. The van der Waals surface area contributed by atoms with Crippen molar-refractivity contribution in [1.82, 2.24) is 9.38 Å². The van der Waals surface area contributed by atoms with Gasteiger partial charge in [0.1, 0.15) is 0 Å². The van der Waals surface area contributed by atoms with E-state index >= 15 is 0 Å². The van der Waals surface area contributed by atoms with Gasteiger partial charge >= 0.3 is 0 Å². The molecule has 0 radical (unpaired) electrons. The zero-order valence-corrected chi connectivity index (χ0v) is 32.7. The summed E-state index contributed by atoms with van der Waals surface area (Å²) in [6, 6.07) is 76.2. The van der Waals surface area contributed by atoms with Gasteiger partial charge < -0.3 is 0 Å². The summed E-state index contributed by atoms with van der Waals surface area (Å²) in [5, 5.41) is 7.52. The number of benzene rings is 9. The van der Waals surface area contributed by atoms with Gasteiger partial charge in [-0.1, -0.05) is 176 Å². The lowest BCUT2D eigenvalue weighted by molar-refractivity contribution is 0.768. The summed E-state index contributed by atoms with van der Waals surface area (Å²) in [6.45, 7) is 0. The molecule has 0 N–H and O–H groups in total. The number of hydrogen-bond donors (Lipinski definition) is 0. The summed E-state index contributed by atoms with van der Waals surface area (Å²) < 4.78 is 4.90. The smallest absolute Gasteiger partial charge is 0.156 e. The van der Waals surface area contributed by atoms with Crippen LogP contribution in [0.25, 0.3) is 91.9 Å². The fraction of sp³-hybridized carbons (Fsp3) is 0.0179. The van der Waals surface area contributed by atoms with E-state index in [1.807, 2.05) is 11.3 Å². The minimum absolute atomic E-state index is 0.406. The van der Waals surface area contributed by atoms with Crippen molar-refractivity contribution in [3.8, 4) is 33.5 Å². The first-order valence-electron chi connectivity index (χ1n) is 20.3.